The summed E-state index contributed by atoms with van der Waals surface area (Å²) in [6, 6.07) is 12.9. The Morgan fingerprint density at radius 3 is 2.83 bits per heavy atom. The van der Waals surface area contributed by atoms with E-state index in [0.717, 1.165) is 11.3 Å². The molecule has 0 saturated carbocycles. The van der Waals surface area contributed by atoms with E-state index in [2.05, 4.69) is 5.32 Å². The predicted molar refractivity (Wildman–Crippen MR) is 90.9 cm³/mol. The summed E-state index contributed by atoms with van der Waals surface area (Å²) in [5.74, 6) is 2.16. The van der Waals surface area contributed by atoms with Crippen LogP contribution in [0.1, 0.15) is 5.56 Å². The van der Waals surface area contributed by atoms with Crippen LogP contribution >= 0.6 is 0 Å². The number of carbonyl (C=O) groups excluding carboxylic acids is 1. The van der Waals surface area contributed by atoms with Crippen molar-refractivity contribution < 1.29 is 19.0 Å². The highest BCUT2D eigenvalue weighted by Gasteiger charge is 2.15. The summed E-state index contributed by atoms with van der Waals surface area (Å²) in [7, 11) is 1.73. The summed E-state index contributed by atoms with van der Waals surface area (Å²) >= 11 is 0. The Bertz CT molecular complexity index is 733. The van der Waals surface area contributed by atoms with Gasteiger partial charge in [-0.1, -0.05) is 18.2 Å². The van der Waals surface area contributed by atoms with Gasteiger partial charge in [-0.25, -0.2) is 4.79 Å². The molecule has 6 nitrogen and oxygen atoms in total. The molecule has 1 aliphatic heterocycles. The fourth-order valence-corrected chi connectivity index (χ4v) is 2.31. The molecule has 0 aromatic heterocycles. The molecule has 0 radical (unpaired) electrons. The number of urea groups is 1. The van der Waals surface area contributed by atoms with Gasteiger partial charge in [-0.15, -0.1) is 0 Å². The normalized spacial score (nSPS) is 11.9. The smallest absolute Gasteiger partial charge is 0.321 e. The van der Waals surface area contributed by atoms with Gasteiger partial charge in [0.25, 0.3) is 0 Å². The molecule has 0 aliphatic carbocycles. The van der Waals surface area contributed by atoms with Gasteiger partial charge in [0.1, 0.15) is 12.4 Å². The first-order valence-corrected chi connectivity index (χ1v) is 7.73. The van der Waals surface area contributed by atoms with Gasteiger partial charge in [0.2, 0.25) is 6.79 Å². The lowest BCUT2D eigenvalue weighted by Gasteiger charge is -2.18. The molecule has 1 N–H and O–H groups in total. The molecule has 24 heavy (non-hydrogen) atoms. The monoisotopic (exact) mass is 328 g/mol. The van der Waals surface area contributed by atoms with Crippen LogP contribution in [0.5, 0.6) is 17.2 Å². The third-order valence-electron chi connectivity index (χ3n) is 3.75. The Balaban J connectivity index is 1.49. The lowest BCUT2D eigenvalue weighted by molar-refractivity contribution is 0.174. The predicted octanol–water partition coefficient (Wildman–Crippen LogP) is 3.27. The molecule has 0 saturated heterocycles. The summed E-state index contributed by atoms with van der Waals surface area (Å²) in [5.41, 5.74) is 1.74. The zero-order valence-electron chi connectivity index (χ0n) is 13.7. The standard InChI is InChI=1S/C18H20N2O4/c1-13-5-3-4-6-15(13)22-10-9-20(2)18(21)19-14-7-8-16-17(11-14)24-12-23-16/h3-8,11H,9-10,12H2,1-2H3,(H,19,21). The number of amides is 2. The average molecular weight is 328 g/mol. The van der Waals surface area contributed by atoms with Crippen molar-refractivity contribution in [3.8, 4) is 17.2 Å². The van der Waals surface area contributed by atoms with Crippen molar-refractivity contribution in [1.29, 1.82) is 0 Å². The second-order valence-electron chi connectivity index (χ2n) is 5.53. The minimum atomic E-state index is -0.206. The molecule has 2 amide bonds. The van der Waals surface area contributed by atoms with E-state index in [1.54, 1.807) is 30.1 Å². The van der Waals surface area contributed by atoms with Crippen molar-refractivity contribution in [2.24, 2.45) is 0 Å². The number of nitrogens with one attached hydrogen (secondary N) is 1. The van der Waals surface area contributed by atoms with E-state index in [0.29, 0.717) is 30.3 Å². The van der Waals surface area contributed by atoms with Crippen molar-refractivity contribution in [2.45, 2.75) is 6.92 Å². The number of ether oxygens (including phenoxy) is 3. The third-order valence-corrected chi connectivity index (χ3v) is 3.75. The maximum absolute atomic E-state index is 12.2. The zero-order chi connectivity index (χ0) is 16.9. The van der Waals surface area contributed by atoms with E-state index in [1.807, 2.05) is 31.2 Å². The van der Waals surface area contributed by atoms with Gasteiger partial charge in [-0.05, 0) is 30.7 Å². The second kappa shape index (κ2) is 7.12. The molecule has 0 atom stereocenters. The maximum Gasteiger partial charge on any atom is 0.321 e. The van der Waals surface area contributed by atoms with Crippen LogP contribution in [-0.4, -0.2) is 37.9 Å². The second-order valence-corrected chi connectivity index (χ2v) is 5.53. The Morgan fingerprint density at radius 2 is 2.00 bits per heavy atom. The zero-order valence-corrected chi connectivity index (χ0v) is 13.7. The molecule has 2 aromatic carbocycles. The van der Waals surface area contributed by atoms with Crippen molar-refractivity contribution in [2.75, 3.05) is 32.3 Å². The summed E-state index contributed by atoms with van der Waals surface area (Å²) in [4.78, 5) is 13.8. The molecule has 2 aromatic rings. The first kappa shape index (κ1) is 16.0. The van der Waals surface area contributed by atoms with Crippen molar-refractivity contribution in [1.82, 2.24) is 4.90 Å². The number of rotatable bonds is 5. The number of benzene rings is 2. The SMILES string of the molecule is Cc1ccccc1OCCN(C)C(=O)Nc1ccc2c(c1)OCO2. The first-order chi connectivity index (χ1) is 11.6. The van der Waals surface area contributed by atoms with Crippen LogP contribution in [0.3, 0.4) is 0 Å². The first-order valence-electron chi connectivity index (χ1n) is 7.73. The number of fused-ring (bicyclic) bond motifs is 1. The van der Waals surface area contributed by atoms with Crippen LogP contribution in [0.4, 0.5) is 10.5 Å². The number of nitrogens with zero attached hydrogens (tertiary/aromatic N) is 1. The van der Waals surface area contributed by atoms with Crippen LogP contribution in [-0.2, 0) is 0 Å². The number of carbonyl (C=O) groups is 1. The number of aryl methyl sites for hydroxylation is 1. The topological polar surface area (TPSA) is 60.0 Å². The summed E-state index contributed by atoms with van der Waals surface area (Å²) in [6.07, 6.45) is 0. The van der Waals surface area contributed by atoms with Crippen molar-refractivity contribution >= 4 is 11.7 Å². The lowest BCUT2D eigenvalue weighted by Crippen LogP contribution is -2.34. The molecule has 1 aliphatic rings. The van der Waals surface area contributed by atoms with E-state index in [-0.39, 0.29) is 12.8 Å². The van der Waals surface area contributed by atoms with E-state index in [9.17, 15) is 4.79 Å². The molecular formula is C18H20N2O4. The Kier molecular flexibility index (Phi) is 4.74. The highest BCUT2D eigenvalue weighted by molar-refractivity contribution is 5.89. The number of hydrogen-bond acceptors (Lipinski definition) is 4. The molecule has 3 rings (SSSR count). The van der Waals surface area contributed by atoms with Gasteiger partial charge in [0.05, 0.1) is 6.54 Å². The van der Waals surface area contributed by atoms with E-state index in [1.165, 1.54) is 0 Å². The van der Waals surface area contributed by atoms with E-state index < -0.39 is 0 Å². The van der Waals surface area contributed by atoms with E-state index in [4.69, 9.17) is 14.2 Å². The molecule has 6 heteroatoms. The molecule has 0 fully saturated rings. The van der Waals surface area contributed by atoms with Gasteiger partial charge >= 0.3 is 6.03 Å². The number of likely N-dealkylation sites (N-methyl/N-ethyl adjacent to an activating group) is 1. The summed E-state index contributed by atoms with van der Waals surface area (Å²) < 4.78 is 16.3. The number of para-hydroxylation sites is 1. The highest BCUT2D eigenvalue weighted by atomic mass is 16.7. The largest absolute Gasteiger partial charge is 0.491 e. The summed E-state index contributed by atoms with van der Waals surface area (Å²) in [6.45, 7) is 3.11. The van der Waals surface area contributed by atoms with Crippen LogP contribution < -0.4 is 19.5 Å². The molecule has 126 valence electrons. The van der Waals surface area contributed by atoms with Gasteiger partial charge in [-0.2, -0.15) is 0 Å². The minimum Gasteiger partial charge on any atom is -0.491 e. The molecule has 0 bridgehead atoms. The maximum atomic E-state index is 12.2. The van der Waals surface area contributed by atoms with Crippen LogP contribution in [0.2, 0.25) is 0 Å². The van der Waals surface area contributed by atoms with Crippen molar-refractivity contribution in [3.63, 3.8) is 0 Å². The lowest BCUT2D eigenvalue weighted by atomic mass is 10.2. The van der Waals surface area contributed by atoms with E-state index >= 15 is 0 Å². The Labute approximate surface area is 140 Å². The van der Waals surface area contributed by atoms with Crippen LogP contribution in [0.15, 0.2) is 42.5 Å². The van der Waals surface area contributed by atoms with Gasteiger partial charge in [-0.3, -0.25) is 0 Å². The molecule has 0 unspecified atom stereocenters. The fraction of sp³-hybridized carbons (Fsp3) is 0.278. The van der Waals surface area contributed by atoms with Gasteiger partial charge in [0.15, 0.2) is 11.5 Å². The molecular weight excluding hydrogens is 308 g/mol. The summed E-state index contributed by atoms with van der Waals surface area (Å²) in [5, 5.41) is 2.83. The molecule has 1 heterocycles. The Morgan fingerprint density at radius 1 is 1.21 bits per heavy atom. The quantitative estimate of drug-likeness (QED) is 0.915. The fourth-order valence-electron chi connectivity index (χ4n) is 2.31. The third kappa shape index (κ3) is 3.71. The number of hydrogen-bond donors (Lipinski definition) is 1. The Hall–Kier alpha value is -2.89. The number of anilines is 1. The van der Waals surface area contributed by atoms with Gasteiger partial charge in [0, 0.05) is 18.8 Å². The minimum absolute atomic E-state index is 0.206. The van der Waals surface area contributed by atoms with Crippen LogP contribution in [0.25, 0.3) is 0 Å². The van der Waals surface area contributed by atoms with Crippen molar-refractivity contribution in [3.05, 3.63) is 48.0 Å². The highest BCUT2D eigenvalue weighted by Crippen LogP contribution is 2.34. The van der Waals surface area contributed by atoms with Crippen LogP contribution in [0, 0.1) is 6.92 Å². The average Bonchev–Trinajstić information content (AvgIpc) is 3.04. The van der Waals surface area contributed by atoms with Gasteiger partial charge < -0.3 is 24.4 Å². The molecule has 0 spiro atoms.